The van der Waals surface area contributed by atoms with Gasteiger partial charge in [0.15, 0.2) is 0 Å². The van der Waals surface area contributed by atoms with E-state index in [1.807, 2.05) is 49.1 Å². The fourth-order valence-corrected chi connectivity index (χ4v) is 3.66. The number of benzene rings is 1. The van der Waals surface area contributed by atoms with E-state index in [2.05, 4.69) is 0 Å². The van der Waals surface area contributed by atoms with Crippen molar-refractivity contribution >= 4 is 18.0 Å². The molecule has 1 unspecified atom stereocenters. The number of carbonyl (C=O) groups is 2. The lowest BCUT2D eigenvalue weighted by molar-refractivity contribution is -0.146. The number of nitrogens with zero attached hydrogens (tertiary/aromatic N) is 1. The molecule has 1 amide bonds. The van der Waals surface area contributed by atoms with E-state index in [0.717, 1.165) is 37.0 Å². The highest BCUT2D eigenvalue weighted by atomic mass is 16.5. The van der Waals surface area contributed by atoms with Crippen LogP contribution in [-0.2, 0) is 14.3 Å². The Labute approximate surface area is 168 Å². The van der Waals surface area contributed by atoms with Crippen LogP contribution in [0.3, 0.4) is 0 Å². The van der Waals surface area contributed by atoms with E-state index in [1.54, 1.807) is 6.08 Å². The second kappa shape index (κ2) is 11.5. The van der Waals surface area contributed by atoms with Crippen LogP contribution in [0.2, 0.25) is 0 Å². The number of carbonyl (C=O) groups excluding carboxylic acids is 2. The Morgan fingerprint density at radius 1 is 1.14 bits per heavy atom. The van der Waals surface area contributed by atoms with E-state index >= 15 is 0 Å². The van der Waals surface area contributed by atoms with E-state index < -0.39 is 0 Å². The number of ether oxygens (including phenoxy) is 2. The maximum Gasteiger partial charge on any atom is 0.310 e. The van der Waals surface area contributed by atoms with Crippen molar-refractivity contribution in [3.63, 3.8) is 0 Å². The van der Waals surface area contributed by atoms with E-state index in [4.69, 9.17) is 9.47 Å². The molecule has 1 aliphatic carbocycles. The quantitative estimate of drug-likeness (QED) is 0.375. The monoisotopic (exact) mass is 387 g/mol. The third kappa shape index (κ3) is 6.70. The molecule has 1 fully saturated rings. The van der Waals surface area contributed by atoms with Gasteiger partial charge in [0.05, 0.1) is 19.6 Å². The van der Waals surface area contributed by atoms with Crippen molar-refractivity contribution in [1.29, 1.82) is 0 Å². The first-order chi connectivity index (χ1) is 13.5. The predicted molar refractivity (Wildman–Crippen MR) is 111 cm³/mol. The van der Waals surface area contributed by atoms with Crippen LogP contribution in [0.1, 0.15) is 57.9 Å². The van der Waals surface area contributed by atoms with Crippen molar-refractivity contribution in [1.82, 2.24) is 4.90 Å². The largest absolute Gasteiger partial charge is 0.494 e. The molecule has 2 rings (SSSR count). The summed E-state index contributed by atoms with van der Waals surface area (Å²) in [7, 11) is 1.39. The SMILES string of the molecule is CCOc1ccc(/C=C/C(=O)N(CC(C)C(=O)OC)C2CCCCCC2)cc1. The summed E-state index contributed by atoms with van der Waals surface area (Å²) in [5, 5.41) is 0. The molecule has 0 aliphatic heterocycles. The summed E-state index contributed by atoms with van der Waals surface area (Å²) >= 11 is 0. The molecule has 0 saturated heterocycles. The standard InChI is InChI=1S/C23H33NO4/c1-4-28-21-14-11-19(12-15-21)13-16-22(25)24(17-18(2)23(26)27-3)20-9-7-5-6-8-10-20/h11-16,18,20H,4-10,17H2,1-3H3/b16-13+. The molecular weight excluding hydrogens is 354 g/mol. The Balaban J connectivity index is 2.10. The Morgan fingerprint density at radius 3 is 2.36 bits per heavy atom. The summed E-state index contributed by atoms with van der Waals surface area (Å²) in [6, 6.07) is 7.85. The molecule has 28 heavy (non-hydrogen) atoms. The molecule has 1 aliphatic rings. The average molecular weight is 388 g/mol. The molecule has 1 saturated carbocycles. The molecule has 0 spiro atoms. The minimum atomic E-state index is -0.337. The lowest BCUT2D eigenvalue weighted by Gasteiger charge is -2.32. The summed E-state index contributed by atoms with van der Waals surface area (Å²) in [6.07, 6.45) is 10.1. The fourth-order valence-electron chi connectivity index (χ4n) is 3.66. The van der Waals surface area contributed by atoms with Crippen LogP contribution in [0.25, 0.3) is 6.08 Å². The van der Waals surface area contributed by atoms with Crippen LogP contribution in [0.15, 0.2) is 30.3 Å². The van der Waals surface area contributed by atoms with E-state index in [9.17, 15) is 9.59 Å². The van der Waals surface area contributed by atoms with Gasteiger partial charge in [-0.2, -0.15) is 0 Å². The van der Waals surface area contributed by atoms with Gasteiger partial charge in [0.25, 0.3) is 0 Å². The minimum absolute atomic E-state index is 0.0449. The summed E-state index contributed by atoms with van der Waals surface area (Å²) in [5.41, 5.74) is 0.943. The molecule has 0 heterocycles. The van der Waals surface area contributed by atoms with Gasteiger partial charge >= 0.3 is 5.97 Å². The van der Waals surface area contributed by atoms with Crippen LogP contribution in [0.5, 0.6) is 5.75 Å². The van der Waals surface area contributed by atoms with Gasteiger partial charge < -0.3 is 14.4 Å². The molecule has 1 atom stereocenters. The highest BCUT2D eigenvalue weighted by Crippen LogP contribution is 2.23. The predicted octanol–water partition coefficient (Wildman–Crippen LogP) is 4.46. The van der Waals surface area contributed by atoms with Crippen molar-refractivity contribution in [3.8, 4) is 5.75 Å². The Hall–Kier alpha value is -2.30. The van der Waals surface area contributed by atoms with Gasteiger partial charge in [0, 0.05) is 18.7 Å². The van der Waals surface area contributed by atoms with Crippen molar-refractivity contribution in [2.45, 2.75) is 58.4 Å². The molecule has 0 radical (unpaired) electrons. The van der Waals surface area contributed by atoms with Gasteiger partial charge in [-0.25, -0.2) is 0 Å². The topological polar surface area (TPSA) is 55.8 Å². The second-order valence-electron chi connectivity index (χ2n) is 7.40. The summed E-state index contributed by atoms with van der Waals surface area (Å²) in [5.74, 6) is 0.160. The van der Waals surface area contributed by atoms with Gasteiger partial charge in [-0.15, -0.1) is 0 Å². The van der Waals surface area contributed by atoms with Gasteiger partial charge in [0.2, 0.25) is 5.91 Å². The van der Waals surface area contributed by atoms with Crippen molar-refractivity contribution in [2.24, 2.45) is 5.92 Å². The molecule has 0 N–H and O–H groups in total. The molecule has 5 heteroatoms. The normalized spacial score (nSPS) is 16.4. The molecule has 5 nitrogen and oxygen atoms in total. The molecule has 1 aromatic carbocycles. The average Bonchev–Trinajstić information content (AvgIpc) is 3.00. The van der Waals surface area contributed by atoms with Crippen LogP contribution in [0, 0.1) is 5.92 Å². The van der Waals surface area contributed by atoms with Gasteiger partial charge in [-0.1, -0.05) is 44.7 Å². The highest BCUT2D eigenvalue weighted by molar-refractivity contribution is 5.92. The number of rotatable bonds is 8. The van der Waals surface area contributed by atoms with Crippen molar-refractivity contribution in [3.05, 3.63) is 35.9 Å². The molecule has 1 aromatic rings. The van der Waals surface area contributed by atoms with Gasteiger partial charge in [-0.05, 0) is 43.5 Å². The molecule has 0 aromatic heterocycles. The first-order valence-electron chi connectivity index (χ1n) is 10.3. The first-order valence-corrected chi connectivity index (χ1v) is 10.3. The zero-order chi connectivity index (χ0) is 20.4. The van der Waals surface area contributed by atoms with Crippen LogP contribution in [0.4, 0.5) is 0 Å². The van der Waals surface area contributed by atoms with E-state index in [-0.39, 0.29) is 23.8 Å². The Bertz CT molecular complexity index is 645. The van der Waals surface area contributed by atoms with Crippen LogP contribution in [-0.4, -0.2) is 43.1 Å². The lowest BCUT2D eigenvalue weighted by atomic mass is 10.0. The van der Waals surface area contributed by atoms with Crippen molar-refractivity contribution in [2.75, 3.05) is 20.3 Å². The smallest absolute Gasteiger partial charge is 0.310 e. The zero-order valence-corrected chi connectivity index (χ0v) is 17.4. The van der Waals surface area contributed by atoms with Gasteiger partial charge in [0.1, 0.15) is 5.75 Å². The number of esters is 1. The van der Waals surface area contributed by atoms with Gasteiger partial charge in [-0.3, -0.25) is 9.59 Å². The summed E-state index contributed by atoms with van der Waals surface area (Å²) in [6.45, 7) is 4.79. The van der Waals surface area contributed by atoms with Crippen LogP contribution >= 0.6 is 0 Å². The highest BCUT2D eigenvalue weighted by Gasteiger charge is 2.27. The lowest BCUT2D eigenvalue weighted by Crippen LogP contribution is -2.43. The maximum absolute atomic E-state index is 13.0. The number of hydrogen-bond acceptors (Lipinski definition) is 4. The number of hydrogen-bond donors (Lipinski definition) is 0. The maximum atomic E-state index is 13.0. The molecule has 0 bridgehead atoms. The third-order valence-corrected chi connectivity index (χ3v) is 5.23. The Morgan fingerprint density at radius 2 is 1.79 bits per heavy atom. The number of methoxy groups -OCH3 is 1. The molecule has 154 valence electrons. The van der Waals surface area contributed by atoms with E-state index in [0.29, 0.717) is 13.2 Å². The minimum Gasteiger partial charge on any atom is -0.494 e. The summed E-state index contributed by atoms with van der Waals surface area (Å²) < 4.78 is 10.3. The van der Waals surface area contributed by atoms with Crippen molar-refractivity contribution < 1.29 is 19.1 Å². The number of amides is 1. The first kappa shape index (κ1) is 22.0. The molecular formula is C23H33NO4. The second-order valence-corrected chi connectivity index (χ2v) is 7.40. The Kier molecular flexibility index (Phi) is 9.05. The zero-order valence-electron chi connectivity index (χ0n) is 17.4. The summed E-state index contributed by atoms with van der Waals surface area (Å²) in [4.78, 5) is 26.8. The van der Waals surface area contributed by atoms with Crippen LogP contribution < -0.4 is 4.74 Å². The van der Waals surface area contributed by atoms with E-state index in [1.165, 1.54) is 20.0 Å². The third-order valence-electron chi connectivity index (χ3n) is 5.23. The fraction of sp³-hybridized carbons (Fsp3) is 0.565.